The fourth-order valence-corrected chi connectivity index (χ4v) is 6.27. The van der Waals surface area contributed by atoms with Crippen LogP contribution >= 0.6 is 34.3 Å². The van der Waals surface area contributed by atoms with Gasteiger partial charge < -0.3 is 21.6 Å². The van der Waals surface area contributed by atoms with Gasteiger partial charge in [0.05, 0.1) is 16.4 Å². The predicted octanol–water partition coefficient (Wildman–Crippen LogP) is 6.33. The zero-order valence-corrected chi connectivity index (χ0v) is 19.3. The van der Waals surface area contributed by atoms with Crippen LogP contribution < -0.4 is 16.2 Å². The van der Waals surface area contributed by atoms with Crippen LogP contribution in [0.5, 0.6) is 5.75 Å². The maximum atomic E-state index is 7.57. The summed E-state index contributed by atoms with van der Waals surface area (Å²) in [5.74, 6) is 0.792. The summed E-state index contributed by atoms with van der Waals surface area (Å²) in [5.41, 5.74) is 17.3. The quantitative estimate of drug-likeness (QED) is 0.298. The third kappa shape index (κ3) is 3.58. The van der Waals surface area contributed by atoms with Crippen molar-refractivity contribution in [2.24, 2.45) is 5.73 Å². The number of nitrogens with two attached hydrogens (primary N) is 2. The summed E-state index contributed by atoms with van der Waals surface area (Å²) in [5, 5.41) is 8.76. The second kappa shape index (κ2) is 8.43. The maximum Gasteiger partial charge on any atom is 0.181 e. The van der Waals surface area contributed by atoms with Crippen LogP contribution in [0.3, 0.4) is 0 Å². The number of halogens is 1. The summed E-state index contributed by atoms with van der Waals surface area (Å²) < 4.78 is 6.04. The van der Waals surface area contributed by atoms with E-state index >= 15 is 0 Å². The number of fused-ring (bicyclic) bond motifs is 3. The summed E-state index contributed by atoms with van der Waals surface area (Å²) in [4.78, 5) is 7.83. The molecule has 0 saturated heterocycles. The van der Waals surface area contributed by atoms with Crippen molar-refractivity contribution in [1.29, 1.82) is 5.41 Å². The Morgan fingerprint density at radius 1 is 1.09 bits per heavy atom. The van der Waals surface area contributed by atoms with Gasteiger partial charge in [0.2, 0.25) is 0 Å². The van der Waals surface area contributed by atoms with Gasteiger partial charge in [-0.05, 0) is 35.4 Å². The number of aromatic nitrogens is 1. The van der Waals surface area contributed by atoms with Gasteiger partial charge in [-0.3, -0.25) is 0 Å². The van der Waals surface area contributed by atoms with Crippen LogP contribution in [0, 0.1) is 5.41 Å². The van der Waals surface area contributed by atoms with Crippen molar-refractivity contribution < 1.29 is 4.74 Å². The van der Waals surface area contributed by atoms with E-state index in [1.165, 1.54) is 29.3 Å². The minimum Gasteiger partial charge on any atom is -0.493 e. The summed E-state index contributed by atoms with van der Waals surface area (Å²) in [6.07, 6.45) is 3.47. The van der Waals surface area contributed by atoms with Crippen LogP contribution in [-0.4, -0.2) is 17.8 Å². The Hall–Kier alpha value is -3.13. The van der Waals surface area contributed by atoms with Gasteiger partial charge in [-0.1, -0.05) is 47.2 Å². The molecule has 1 aliphatic heterocycles. The molecule has 0 aliphatic carbocycles. The highest BCUT2D eigenvalue weighted by molar-refractivity contribution is 7.21. The Balaban J connectivity index is 1.63. The molecule has 0 spiro atoms. The van der Waals surface area contributed by atoms with Crippen LogP contribution in [0.1, 0.15) is 11.1 Å². The fraction of sp³-hybridized carbons (Fsp3) is 0.0833. The minimum absolute atomic E-state index is 0.514. The smallest absolute Gasteiger partial charge is 0.181 e. The molecule has 0 saturated carbocycles. The fourth-order valence-electron chi connectivity index (χ4n) is 3.80. The van der Waals surface area contributed by atoms with Crippen LogP contribution in [0.2, 0.25) is 5.02 Å². The number of ether oxygens (including phenoxy) is 1. The van der Waals surface area contributed by atoms with E-state index < -0.39 is 0 Å². The molecule has 8 heteroatoms. The number of anilines is 1. The number of hydrogen-bond donors (Lipinski definition) is 3. The van der Waals surface area contributed by atoms with Gasteiger partial charge in [0.25, 0.3) is 0 Å². The van der Waals surface area contributed by atoms with E-state index in [0.29, 0.717) is 22.3 Å². The lowest BCUT2D eigenvalue weighted by atomic mass is 10.0. The first-order chi connectivity index (χ1) is 15.6. The highest BCUT2D eigenvalue weighted by atomic mass is 35.5. The zero-order chi connectivity index (χ0) is 22.2. The number of nitrogen functional groups attached to an aromatic ring is 1. The van der Waals surface area contributed by atoms with E-state index in [-0.39, 0.29) is 0 Å². The second-order valence-corrected chi connectivity index (χ2v) is 9.74. The Morgan fingerprint density at radius 3 is 2.72 bits per heavy atom. The molecule has 0 radical (unpaired) electrons. The highest BCUT2D eigenvalue weighted by Gasteiger charge is 2.23. The van der Waals surface area contributed by atoms with E-state index in [2.05, 4.69) is 11.1 Å². The third-order valence-electron chi connectivity index (χ3n) is 5.33. The molecular formula is C24H19ClN4OS2. The highest BCUT2D eigenvalue weighted by Crippen LogP contribution is 2.48. The van der Waals surface area contributed by atoms with Crippen LogP contribution in [0.25, 0.3) is 37.0 Å². The molecule has 0 unspecified atom stereocenters. The number of nitrogens with zero attached hydrogens (tertiary/aromatic N) is 1. The second-order valence-electron chi connectivity index (χ2n) is 7.25. The van der Waals surface area contributed by atoms with Gasteiger partial charge in [-0.2, -0.15) is 0 Å². The molecule has 0 atom stereocenters. The third-order valence-corrected chi connectivity index (χ3v) is 7.79. The average Bonchev–Trinajstić information content (AvgIpc) is 3.34. The first-order valence-corrected chi connectivity index (χ1v) is 11.9. The van der Waals surface area contributed by atoms with Crippen LogP contribution in [0.4, 0.5) is 5.13 Å². The summed E-state index contributed by atoms with van der Waals surface area (Å²) >= 11 is 9.60. The predicted molar refractivity (Wildman–Crippen MR) is 136 cm³/mol. The molecule has 3 heterocycles. The van der Waals surface area contributed by atoms with Crippen molar-refractivity contribution >= 4 is 51.2 Å². The van der Waals surface area contributed by atoms with Gasteiger partial charge in [0.15, 0.2) is 5.13 Å². The molecule has 160 valence electrons. The Morgan fingerprint density at radius 2 is 1.94 bits per heavy atom. The Labute approximate surface area is 198 Å². The molecule has 2 aromatic heterocycles. The number of benzene rings is 2. The van der Waals surface area contributed by atoms with E-state index in [0.717, 1.165) is 49.2 Å². The summed E-state index contributed by atoms with van der Waals surface area (Å²) in [6, 6.07) is 15.9. The number of rotatable bonds is 4. The van der Waals surface area contributed by atoms with Crippen LogP contribution in [-0.2, 0) is 6.42 Å². The maximum absolute atomic E-state index is 7.57. The topological polar surface area (TPSA) is 98.0 Å². The number of nitrogens with one attached hydrogen (secondary N) is 1. The average molecular weight is 479 g/mol. The van der Waals surface area contributed by atoms with Crippen molar-refractivity contribution in [2.45, 2.75) is 6.42 Å². The van der Waals surface area contributed by atoms with Gasteiger partial charge in [-0.15, -0.1) is 11.3 Å². The SMILES string of the molecule is N=C/C(=C\N)c1ccc2c(c1)OCCc1cc(-c3nc(N)sc3-c3ccccc3Cl)sc1-2. The van der Waals surface area contributed by atoms with Crippen molar-refractivity contribution in [2.75, 3.05) is 12.3 Å². The molecular weight excluding hydrogens is 460 g/mol. The number of thiazole rings is 1. The molecule has 5 N–H and O–H groups in total. The van der Waals surface area contributed by atoms with Crippen molar-refractivity contribution in [3.8, 4) is 37.2 Å². The monoisotopic (exact) mass is 478 g/mol. The Bertz CT molecular complexity index is 1370. The van der Waals surface area contributed by atoms with Crippen LogP contribution in [0.15, 0.2) is 54.7 Å². The lowest BCUT2D eigenvalue weighted by molar-refractivity contribution is 0.326. The normalized spacial score (nSPS) is 13.1. The first-order valence-electron chi connectivity index (χ1n) is 9.93. The van der Waals surface area contributed by atoms with Gasteiger partial charge >= 0.3 is 0 Å². The molecule has 2 aromatic carbocycles. The first kappa shape index (κ1) is 20.8. The van der Waals surface area contributed by atoms with E-state index in [1.807, 2.05) is 42.5 Å². The van der Waals surface area contributed by atoms with Crippen molar-refractivity contribution in [3.05, 3.63) is 70.9 Å². The number of hydrogen-bond acceptors (Lipinski definition) is 7. The number of thiophene rings is 1. The standard InChI is InChI=1S/C24H19ClN4OS2/c25-18-4-2-1-3-16(18)23-21(29-24(28)32-23)20-10-14-7-8-30-19-9-13(15(11-26)12-27)5-6-17(19)22(14)31-20/h1-6,9-12,26H,7-8,27H2,(H2,28,29)/b15-12+,26-11?. The van der Waals surface area contributed by atoms with Gasteiger partial charge in [-0.25, -0.2) is 4.98 Å². The van der Waals surface area contributed by atoms with Gasteiger partial charge in [0.1, 0.15) is 11.4 Å². The number of allylic oxidation sites excluding steroid dienone is 1. The molecule has 0 fully saturated rings. The lowest BCUT2D eigenvalue weighted by Crippen LogP contribution is -1.99. The summed E-state index contributed by atoms with van der Waals surface area (Å²) in [7, 11) is 0. The largest absolute Gasteiger partial charge is 0.493 e. The van der Waals surface area contributed by atoms with E-state index in [4.69, 9.17) is 33.2 Å². The van der Waals surface area contributed by atoms with E-state index in [9.17, 15) is 0 Å². The molecule has 0 amide bonds. The van der Waals surface area contributed by atoms with Crippen molar-refractivity contribution in [1.82, 2.24) is 4.98 Å². The molecule has 1 aliphatic rings. The zero-order valence-electron chi connectivity index (χ0n) is 16.9. The van der Waals surface area contributed by atoms with Crippen molar-refractivity contribution in [3.63, 3.8) is 0 Å². The molecule has 5 rings (SSSR count). The molecule has 4 aromatic rings. The minimum atomic E-state index is 0.514. The molecule has 5 nitrogen and oxygen atoms in total. The summed E-state index contributed by atoms with van der Waals surface area (Å²) in [6.45, 7) is 0.572. The Kier molecular flexibility index (Phi) is 5.46. The lowest BCUT2D eigenvalue weighted by Gasteiger charge is -2.10. The molecule has 32 heavy (non-hydrogen) atoms. The van der Waals surface area contributed by atoms with Gasteiger partial charge in [0, 0.05) is 45.4 Å². The molecule has 0 bridgehead atoms. The van der Waals surface area contributed by atoms with E-state index in [1.54, 1.807) is 11.3 Å².